The van der Waals surface area contributed by atoms with Gasteiger partial charge in [0.05, 0.1) is 12.2 Å². The van der Waals surface area contributed by atoms with Crippen LogP contribution in [-0.2, 0) is 0 Å². The molecule has 4 rings (SSSR count). The smallest absolute Gasteiger partial charge is 0.256 e. The molecule has 1 fully saturated rings. The molecule has 0 saturated carbocycles. The minimum atomic E-state index is -0.609. The Kier molecular flexibility index (Phi) is 4.43. The highest BCUT2D eigenvalue weighted by atomic mass is 19.1. The van der Waals surface area contributed by atoms with Gasteiger partial charge in [0.1, 0.15) is 23.5 Å². The van der Waals surface area contributed by atoms with E-state index in [-0.39, 0.29) is 11.9 Å². The highest BCUT2D eigenvalue weighted by Gasteiger charge is 2.29. The van der Waals surface area contributed by atoms with Crippen LogP contribution in [0.25, 0.3) is 5.65 Å². The van der Waals surface area contributed by atoms with E-state index in [0.29, 0.717) is 35.8 Å². The summed E-state index contributed by atoms with van der Waals surface area (Å²) < 4.78 is 28.7. The van der Waals surface area contributed by atoms with Crippen LogP contribution in [0.5, 0.6) is 0 Å². The van der Waals surface area contributed by atoms with Gasteiger partial charge in [0.25, 0.3) is 5.91 Å². The van der Waals surface area contributed by atoms with Crippen LogP contribution in [0, 0.1) is 11.6 Å². The number of halogens is 2. The molecule has 140 valence electrons. The SMILES string of the molecule is CCNC(=O)c1cnn2cnc(N3CCCC3c3cc(F)cc(F)c3)nc12. The van der Waals surface area contributed by atoms with Gasteiger partial charge < -0.3 is 10.2 Å². The van der Waals surface area contributed by atoms with E-state index < -0.39 is 11.6 Å². The zero-order valence-electron chi connectivity index (χ0n) is 14.7. The Hall–Kier alpha value is -3.10. The molecule has 1 saturated heterocycles. The minimum Gasteiger partial charge on any atom is -0.352 e. The number of fused-ring (bicyclic) bond motifs is 1. The number of rotatable bonds is 4. The van der Waals surface area contributed by atoms with Crippen molar-refractivity contribution in [3.8, 4) is 0 Å². The van der Waals surface area contributed by atoms with Crippen molar-refractivity contribution in [2.24, 2.45) is 0 Å². The summed E-state index contributed by atoms with van der Waals surface area (Å²) in [6.07, 6.45) is 4.52. The highest BCUT2D eigenvalue weighted by molar-refractivity contribution is 5.99. The van der Waals surface area contributed by atoms with Crippen molar-refractivity contribution in [3.05, 3.63) is 53.5 Å². The fraction of sp³-hybridized carbons (Fsp3) is 0.333. The van der Waals surface area contributed by atoms with Crippen LogP contribution < -0.4 is 10.2 Å². The molecule has 2 aromatic heterocycles. The third-order valence-electron chi connectivity index (χ3n) is 4.62. The van der Waals surface area contributed by atoms with E-state index in [1.165, 1.54) is 29.2 Å². The molecule has 27 heavy (non-hydrogen) atoms. The molecule has 1 unspecified atom stereocenters. The summed E-state index contributed by atoms with van der Waals surface area (Å²) >= 11 is 0. The Morgan fingerprint density at radius 3 is 2.81 bits per heavy atom. The number of hydrogen-bond acceptors (Lipinski definition) is 5. The first-order valence-corrected chi connectivity index (χ1v) is 8.78. The monoisotopic (exact) mass is 372 g/mol. The van der Waals surface area contributed by atoms with E-state index in [0.717, 1.165) is 18.9 Å². The quantitative estimate of drug-likeness (QED) is 0.762. The van der Waals surface area contributed by atoms with Gasteiger partial charge in [0.2, 0.25) is 5.95 Å². The van der Waals surface area contributed by atoms with Crippen LogP contribution in [-0.4, -0.2) is 38.6 Å². The van der Waals surface area contributed by atoms with E-state index in [2.05, 4.69) is 20.4 Å². The molecular weight excluding hydrogens is 354 g/mol. The van der Waals surface area contributed by atoms with Crippen LogP contribution in [0.2, 0.25) is 0 Å². The average Bonchev–Trinajstić information content (AvgIpc) is 3.27. The fourth-order valence-corrected chi connectivity index (χ4v) is 3.46. The standard InChI is InChI=1S/C18H18F2N6O/c1-2-21-17(27)14-9-23-26-10-22-18(24-16(14)26)25-5-3-4-15(25)11-6-12(19)8-13(20)7-11/h6-10,15H,2-5H2,1H3,(H,21,27). The first-order chi connectivity index (χ1) is 13.1. The summed E-state index contributed by atoms with van der Waals surface area (Å²) in [6, 6.07) is 3.30. The number of aromatic nitrogens is 4. The third kappa shape index (κ3) is 3.20. The van der Waals surface area contributed by atoms with Gasteiger partial charge in [0, 0.05) is 19.2 Å². The predicted octanol–water partition coefficient (Wildman–Crippen LogP) is 2.49. The van der Waals surface area contributed by atoms with Gasteiger partial charge in [-0.1, -0.05) is 0 Å². The maximum atomic E-state index is 13.6. The molecule has 0 spiro atoms. The number of carbonyl (C=O) groups is 1. The minimum absolute atomic E-state index is 0.228. The molecule has 9 heteroatoms. The summed E-state index contributed by atoms with van der Waals surface area (Å²) in [5, 5.41) is 6.83. The zero-order chi connectivity index (χ0) is 19.0. The Labute approximate surface area is 154 Å². The van der Waals surface area contributed by atoms with Crippen LogP contribution in [0.4, 0.5) is 14.7 Å². The van der Waals surface area contributed by atoms with Crippen LogP contribution in [0.3, 0.4) is 0 Å². The van der Waals surface area contributed by atoms with Crippen molar-refractivity contribution in [1.82, 2.24) is 24.9 Å². The summed E-state index contributed by atoms with van der Waals surface area (Å²) in [4.78, 5) is 22.9. The van der Waals surface area contributed by atoms with Gasteiger partial charge in [-0.25, -0.2) is 18.3 Å². The fourth-order valence-electron chi connectivity index (χ4n) is 3.46. The van der Waals surface area contributed by atoms with Crippen LogP contribution >= 0.6 is 0 Å². The summed E-state index contributed by atoms with van der Waals surface area (Å²) in [5.41, 5.74) is 1.29. The van der Waals surface area contributed by atoms with Crippen LogP contribution in [0.1, 0.15) is 41.7 Å². The Morgan fingerprint density at radius 1 is 1.30 bits per heavy atom. The molecule has 3 heterocycles. The number of benzene rings is 1. The van der Waals surface area contributed by atoms with Crippen molar-refractivity contribution >= 4 is 17.5 Å². The first-order valence-electron chi connectivity index (χ1n) is 8.78. The van der Waals surface area contributed by atoms with Gasteiger partial charge in [0.15, 0.2) is 5.65 Å². The molecule has 1 amide bonds. The third-order valence-corrected chi connectivity index (χ3v) is 4.62. The highest BCUT2D eigenvalue weighted by Crippen LogP contribution is 2.35. The maximum absolute atomic E-state index is 13.6. The first kappa shape index (κ1) is 17.3. The molecule has 7 nitrogen and oxygen atoms in total. The molecule has 0 bridgehead atoms. The topological polar surface area (TPSA) is 75.4 Å². The Morgan fingerprint density at radius 2 is 2.07 bits per heavy atom. The maximum Gasteiger partial charge on any atom is 0.256 e. The summed E-state index contributed by atoms with van der Waals surface area (Å²) in [7, 11) is 0. The second-order valence-corrected chi connectivity index (χ2v) is 6.40. The predicted molar refractivity (Wildman–Crippen MR) is 94.5 cm³/mol. The molecule has 0 aliphatic carbocycles. The van der Waals surface area contributed by atoms with Gasteiger partial charge >= 0.3 is 0 Å². The molecule has 1 aliphatic heterocycles. The molecule has 1 aliphatic rings. The number of hydrogen-bond donors (Lipinski definition) is 1. The van der Waals surface area contributed by atoms with Gasteiger partial charge in [-0.3, -0.25) is 4.79 Å². The number of carbonyl (C=O) groups excluding carboxylic acids is 1. The van der Waals surface area contributed by atoms with Crippen molar-refractivity contribution in [2.75, 3.05) is 18.0 Å². The van der Waals surface area contributed by atoms with Gasteiger partial charge in [-0.05, 0) is 37.5 Å². The van der Waals surface area contributed by atoms with E-state index in [1.54, 1.807) is 0 Å². The molecule has 1 aromatic carbocycles. The molecular formula is C18H18F2N6O. The Bertz CT molecular complexity index is 984. The van der Waals surface area contributed by atoms with Gasteiger partial charge in [-0.15, -0.1) is 0 Å². The van der Waals surface area contributed by atoms with Crippen molar-refractivity contribution in [1.29, 1.82) is 0 Å². The van der Waals surface area contributed by atoms with E-state index in [4.69, 9.17) is 0 Å². The van der Waals surface area contributed by atoms with Crippen molar-refractivity contribution < 1.29 is 13.6 Å². The summed E-state index contributed by atoms with van der Waals surface area (Å²) in [5.74, 6) is -1.08. The number of amides is 1. The van der Waals surface area contributed by atoms with Gasteiger partial charge in [-0.2, -0.15) is 10.1 Å². The lowest BCUT2D eigenvalue weighted by Gasteiger charge is -2.25. The molecule has 1 N–H and O–H groups in total. The Balaban J connectivity index is 1.72. The lowest BCUT2D eigenvalue weighted by Crippen LogP contribution is -2.26. The lowest BCUT2D eigenvalue weighted by atomic mass is 10.0. The number of nitrogens with zero attached hydrogens (tertiary/aromatic N) is 5. The van der Waals surface area contributed by atoms with Crippen LogP contribution in [0.15, 0.2) is 30.7 Å². The molecule has 1 atom stereocenters. The average molecular weight is 372 g/mol. The second kappa shape index (κ2) is 6.90. The van der Waals surface area contributed by atoms with Crippen molar-refractivity contribution in [3.63, 3.8) is 0 Å². The lowest BCUT2D eigenvalue weighted by molar-refractivity contribution is 0.0957. The molecule has 0 radical (unpaired) electrons. The number of nitrogens with one attached hydrogen (secondary N) is 1. The van der Waals surface area contributed by atoms with Crippen molar-refractivity contribution in [2.45, 2.75) is 25.8 Å². The normalized spacial score (nSPS) is 16.9. The van der Waals surface area contributed by atoms with E-state index in [1.807, 2.05) is 11.8 Å². The molecule has 3 aromatic rings. The van der Waals surface area contributed by atoms with E-state index >= 15 is 0 Å². The zero-order valence-corrected chi connectivity index (χ0v) is 14.7. The second-order valence-electron chi connectivity index (χ2n) is 6.40. The summed E-state index contributed by atoms with van der Waals surface area (Å²) in [6.45, 7) is 2.98. The number of anilines is 1. The van der Waals surface area contributed by atoms with E-state index in [9.17, 15) is 13.6 Å². The largest absolute Gasteiger partial charge is 0.352 e.